The van der Waals surface area contributed by atoms with Crippen LogP contribution < -0.4 is 0 Å². The van der Waals surface area contributed by atoms with Gasteiger partial charge in [0.05, 0.1) is 6.10 Å². The summed E-state index contributed by atoms with van der Waals surface area (Å²) in [5.41, 5.74) is 0.854. The van der Waals surface area contributed by atoms with Crippen LogP contribution in [0.25, 0.3) is 0 Å². The molecule has 14 heavy (non-hydrogen) atoms. The molecule has 0 aliphatic heterocycles. The fourth-order valence-electron chi connectivity index (χ4n) is 1.22. The van der Waals surface area contributed by atoms with Crippen LogP contribution in [0.3, 0.4) is 0 Å². The summed E-state index contributed by atoms with van der Waals surface area (Å²) in [6.07, 6.45) is -0.588. The van der Waals surface area contributed by atoms with Crippen LogP contribution in [0.1, 0.15) is 18.6 Å². The molecule has 1 aromatic carbocycles. The van der Waals surface area contributed by atoms with Gasteiger partial charge in [-0.2, -0.15) is 0 Å². The van der Waals surface area contributed by atoms with Gasteiger partial charge in [0, 0.05) is 5.92 Å². The molecule has 0 aliphatic rings. The number of aliphatic hydroxyl groups is 2. The van der Waals surface area contributed by atoms with Crippen molar-refractivity contribution in [2.24, 2.45) is 5.92 Å². The molecule has 1 aromatic rings. The summed E-state index contributed by atoms with van der Waals surface area (Å²) in [5.74, 6) is 5.16. The Bertz CT molecular complexity index is 321. The lowest BCUT2D eigenvalue weighted by atomic mass is 9.98. The first-order valence-corrected chi connectivity index (χ1v) is 4.58. The van der Waals surface area contributed by atoms with Crippen molar-refractivity contribution in [2.45, 2.75) is 13.0 Å². The van der Waals surface area contributed by atoms with E-state index < -0.39 is 6.10 Å². The van der Waals surface area contributed by atoms with Crippen LogP contribution in [0.4, 0.5) is 0 Å². The van der Waals surface area contributed by atoms with E-state index in [-0.39, 0.29) is 12.5 Å². The van der Waals surface area contributed by atoms with Crippen molar-refractivity contribution in [3.8, 4) is 11.8 Å². The number of rotatable bonds is 2. The first-order chi connectivity index (χ1) is 6.75. The molecule has 0 radical (unpaired) electrons. The van der Waals surface area contributed by atoms with Crippen molar-refractivity contribution in [1.29, 1.82) is 0 Å². The third kappa shape index (κ3) is 2.88. The molecule has 0 saturated heterocycles. The summed E-state index contributed by atoms with van der Waals surface area (Å²) < 4.78 is 0. The van der Waals surface area contributed by atoms with Crippen molar-refractivity contribution in [3.05, 3.63) is 35.9 Å². The van der Waals surface area contributed by atoms with Gasteiger partial charge in [0.1, 0.15) is 6.61 Å². The molecular weight excluding hydrogens is 176 g/mol. The lowest BCUT2D eigenvalue weighted by molar-refractivity contribution is 0.143. The molecular formula is C12H14O2. The Kier molecular flexibility index (Phi) is 4.18. The number of hydrogen-bond acceptors (Lipinski definition) is 2. The van der Waals surface area contributed by atoms with Gasteiger partial charge in [-0.3, -0.25) is 0 Å². The van der Waals surface area contributed by atoms with Crippen LogP contribution in [-0.4, -0.2) is 16.8 Å². The maximum absolute atomic E-state index is 9.83. The minimum absolute atomic E-state index is 0.161. The Balaban J connectivity index is 2.70. The van der Waals surface area contributed by atoms with E-state index in [1.165, 1.54) is 0 Å². The Labute approximate surface area is 84.2 Å². The van der Waals surface area contributed by atoms with Gasteiger partial charge in [-0.15, -0.1) is 0 Å². The second kappa shape index (κ2) is 5.43. The Morgan fingerprint density at radius 1 is 1.29 bits per heavy atom. The molecule has 2 heteroatoms. The van der Waals surface area contributed by atoms with E-state index in [0.717, 1.165) is 5.56 Å². The second-order valence-electron chi connectivity index (χ2n) is 3.12. The number of aliphatic hydroxyl groups excluding tert-OH is 2. The van der Waals surface area contributed by atoms with E-state index in [2.05, 4.69) is 11.8 Å². The van der Waals surface area contributed by atoms with Crippen LogP contribution >= 0.6 is 0 Å². The Hall–Kier alpha value is -1.30. The van der Waals surface area contributed by atoms with Crippen LogP contribution in [0.5, 0.6) is 0 Å². The van der Waals surface area contributed by atoms with Crippen molar-refractivity contribution in [3.63, 3.8) is 0 Å². The largest absolute Gasteiger partial charge is 0.387 e. The summed E-state index contributed by atoms with van der Waals surface area (Å²) in [4.78, 5) is 0. The van der Waals surface area contributed by atoms with Crippen molar-refractivity contribution >= 4 is 0 Å². The summed E-state index contributed by atoms with van der Waals surface area (Å²) in [5, 5.41) is 18.3. The molecule has 2 N–H and O–H groups in total. The highest BCUT2D eigenvalue weighted by atomic mass is 16.3. The average molecular weight is 190 g/mol. The molecule has 2 atom stereocenters. The third-order valence-corrected chi connectivity index (χ3v) is 2.02. The van der Waals surface area contributed by atoms with E-state index in [0.29, 0.717) is 0 Å². The molecule has 74 valence electrons. The molecule has 0 amide bonds. The summed E-state index contributed by atoms with van der Waals surface area (Å²) in [7, 11) is 0. The average Bonchev–Trinajstić information content (AvgIpc) is 2.26. The van der Waals surface area contributed by atoms with Gasteiger partial charge in [-0.1, -0.05) is 42.2 Å². The molecule has 0 bridgehead atoms. The van der Waals surface area contributed by atoms with Gasteiger partial charge in [0.2, 0.25) is 0 Å². The van der Waals surface area contributed by atoms with Crippen molar-refractivity contribution in [2.75, 3.05) is 6.61 Å². The molecule has 0 aromatic heterocycles. The van der Waals surface area contributed by atoms with Gasteiger partial charge >= 0.3 is 0 Å². The highest BCUT2D eigenvalue weighted by Gasteiger charge is 2.12. The molecule has 0 saturated carbocycles. The first kappa shape index (κ1) is 10.8. The van der Waals surface area contributed by atoms with Gasteiger partial charge in [0.25, 0.3) is 0 Å². The lowest BCUT2D eigenvalue weighted by Crippen LogP contribution is -2.07. The van der Waals surface area contributed by atoms with Crippen LogP contribution in [0, 0.1) is 17.8 Å². The predicted octanol–water partition coefficient (Wildman–Crippen LogP) is 1.35. The summed E-state index contributed by atoms with van der Waals surface area (Å²) >= 11 is 0. The lowest BCUT2D eigenvalue weighted by Gasteiger charge is -2.13. The van der Waals surface area contributed by atoms with Gasteiger partial charge in [-0.05, 0) is 12.5 Å². The van der Waals surface area contributed by atoms with E-state index >= 15 is 0 Å². The molecule has 2 nitrogen and oxygen atoms in total. The second-order valence-corrected chi connectivity index (χ2v) is 3.12. The molecule has 0 aliphatic carbocycles. The maximum Gasteiger partial charge on any atom is 0.104 e. The summed E-state index contributed by atoms with van der Waals surface area (Å²) in [6.45, 7) is 1.67. The normalized spacial score (nSPS) is 13.9. The van der Waals surface area contributed by atoms with E-state index in [4.69, 9.17) is 5.11 Å². The molecule has 0 heterocycles. The highest BCUT2D eigenvalue weighted by molar-refractivity contribution is 5.20. The zero-order valence-corrected chi connectivity index (χ0v) is 8.14. The van der Waals surface area contributed by atoms with E-state index in [1.54, 1.807) is 0 Å². The third-order valence-electron chi connectivity index (χ3n) is 2.02. The number of benzene rings is 1. The van der Waals surface area contributed by atoms with Crippen LogP contribution in [0.15, 0.2) is 30.3 Å². The zero-order chi connectivity index (χ0) is 10.4. The molecule has 0 spiro atoms. The molecule has 0 unspecified atom stereocenters. The Morgan fingerprint density at radius 2 is 1.93 bits per heavy atom. The number of hydrogen-bond donors (Lipinski definition) is 2. The van der Waals surface area contributed by atoms with E-state index in [1.807, 2.05) is 37.3 Å². The smallest absolute Gasteiger partial charge is 0.104 e. The van der Waals surface area contributed by atoms with Gasteiger partial charge in [0.15, 0.2) is 0 Å². The minimum atomic E-state index is -0.588. The van der Waals surface area contributed by atoms with Gasteiger partial charge < -0.3 is 10.2 Å². The first-order valence-electron chi connectivity index (χ1n) is 4.58. The SMILES string of the molecule is C[C@H](C#CCO)[C@H](O)c1ccccc1. The fraction of sp³-hybridized carbons (Fsp3) is 0.333. The standard InChI is InChI=1S/C12H14O2/c1-10(6-5-9-13)12(14)11-7-3-2-4-8-11/h2-4,7-8,10,12-14H,9H2,1H3/t10-,12+/m1/s1. The van der Waals surface area contributed by atoms with Gasteiger partial charge in [-0.25, -0.2) is 0 Å². The van der Waals surface area contributed by atoms with Crippen LogP contribution in [0.2, 0.25) is 0 Å². The zero-order valence-electron chi connectivity index (χ0n) is 8.14. The minimum Gasteiger partial charge on any atom is -0.387 e. The summed E-state index contributed by atoms with van der Waals surface area (Å²) in [6, 6.07) is 9.39. The molecule has 1 rings (SSSR count). The topological polar surface area (TPSA) is 40.5 Å². The monoisotopic (exact) mass is 190 g/mol. The molecule has 0 fully saturated rings. The van der Waals surface area contributed by atoms with Crippen molar-refractivity contribution in [1.82, 2.24) is 0 Å². The maximum atomic E-state index is 9.83. The van der Waals surface area contributed by atoms with Crippen molar-refractivity contribution < 1.29 is 10.2 Å². The van der Waals surface area contributed by atoms with E-state index in [9.17, 15) is 5.11 Å². The fourth-order valence-corrected chi connectivity index (χ4v) is 1.22. The Morgan fingerprint density at radius 3 is 2.50 bits per heavy atom. The van der Waals surface area contributed by atoms with Crippen LogP contribution in [-0.2, 0) is 0 Å². The highest BCUT2D eigenvalue weighted by Crippen LogP contribution is 2.20. The predicted molar refractivity (Wildman–Crippen MR) is 55.4 cm³/mol. The quantitative estimate of drug-likeness (QED) is 0.691.